The van der Waals surface area contributed by atoms with Crippen LogP contribution < -0.4 is 0 Å². The Morgan fingerprint density at radius 2 is 1.07 bits per heavy atom. The predicted molar refractivity (Wildman–Crippen MR) is 155 cm³/mol. The fourth-order valence-electron chi connectivity index (χ4n) is 5.12. The van der Waals surface area contributed by atoms with Crippen molar-refractivity contribution in [3.05, 3.63) is 24.3 Å². The fraction of sp³-hybridized carbons (Fsp3) is 0.643. The molecule has 14 heteroatoms. The third-order valence-electron chi connectivity index (χ3n) is 7.22. The molecule has 3 fully saturated rings. The van der Waals surface area contributed by atoms with Crippen LogP contribution in [0.25, 0.3) is 0 Å². The van der Waals surface area contributed by atoms with E-state index in [4.69, 9.17) is 25.7 Å². The summed E-state index contributed by atoms with van der Waals surface area (Å²) >= 11 is 0. The van der Waals surface area contributed by atoms with E-state index in [1.807, 2.05) is 6.19 Å². The SMILES string of the molecule is CC1CCCN1CCCN1CCN(CCCN2CCCC2C)C1=NC#N.O=C(O)/C=C/C(=O)O.O=C(O)/C=C/C(=O)O. The molecule has 0 aromatic rings. The molecular weight excluding hydrogens is 548 g/mol. The highest BCUT2D eigenvalue weighted by Gasteiger charge is 2.27. The first kappa shape index (κ1) is 36.1. The zero-order valence-electron chi connectivity index (χ0n) is 24.5. The summed E-state index contributed by atoms with van der Waals surface area (Å²) in [6, 6.07) is 1.48. The van der Waals surface area contributed by atoms with Gasteiger partial charge in [-0.25, -0.2) is 19.2 Å². The standard InChI is InChI=1S/C20H36N6.2C4H4O4/c1-18-7-3-9-23(18)11-5-13-25-15-16-26(20(25)22-17-21)14-6-12-24-10-4-8-19(24)2;2*5-3(6)1-2-4(7)8/h18-19H,3-16H2,1-2H3;2*1-2H,(H,5,6)(H,7,8)/b;2*2-1+. The van der Waals surface area contributed by atoms with E-state index >= 15 is 0 Å². The number of nitrogens with zero attached hydrogens (tertiary/aromatic N) is 6. The number of carboxylic acid groups (broad SMARTS) is 4. The zero-order chi connectivity index (χ0) is 31.5. The van der Waals surface area contributed by atoms with E-state index in [1.165, 1.54) is 51.9 Å². The van der Waals surface area contributed by atoms with Crippen LogP contribution in [-0.4, -0.2) is 134 Å². The van der Waals surface area contributed by atoms with E-state index in [0.29, 0.717) is 24.3 Å². The van der Waals surface area contributed by atoms with Crippen molar-refractivity contribution < 1.29 is 39.6 Å². The van der Waals surface area contributed by atoms with Crippen molar-refractivity contribution in [3.8, 4) is 6.19 Å². The third kappa shape index (κ3) is 15.2. The van der Waals surface area contributed by atoms with Gasteiger partial charge in [0.05, 0.1) is 0 Å². The van der Waals surface area contributed by atoms with E-state index in [9.17, 15) is 19.2 Å². The Labute approximate surface area is 246 Å². The van der Waals surface area contributed by atoms with Crippen molar-refractivity contribution in [1.29, 1.82) is 5.26 Å². The van der Waals surface area contributed by atoms with Crippen LogP contribution in [-0.2, 0) is 19.2 Å². The molecule has 0 aliphatic carbocycles. The van der Waals surface area contributed by atoms with Crippen LogP contribution in [0.15, 0.2) is 29.3 Å². The van der Waals surface area contributed by atoms with Crippen molar-refractivity contribution in [2.24, 2.45) is 4.99 Å². The number of carbonyl (C=O) groups is 4. The zero-order valence-corrected chi connectivity index (χ0v) is 24.5. The molecule has 0 bridgehead atoms. The number of likely N-dealkylation sites (tertiary alicyclic amines) is 2. The largest absolute Gasteiger partial charge is 0.478 e. The Bertz CT molecular complexity index is 922. The molecule has 0 aromatic heterocycles. The molecule has 2 unspecified atom stereocenters. The van der Waals surface area contributed by atoms with Crippen molar-refractivity contribution >= 4 is 29.8 Å². The van der Waals surface area contributed by atoms with E-state index in [2.05, 4.69) is 38.4 Å². The highest BCUT2D eigenvalue weighted by Crippen LogP contribution is 2.18. The second-order valence-electron chi connectivity index (χ2n) is 10.3. The number of aliphatic carboxylic acids is 4. The molecule has 3 aliphatic heterocycles. The van der Waals surface area contributed by atoms with Gasteiger partial charge >= 0.3 is 23.9 Å². The number of hydrogen-bond acceptors (Lipinski definition) is 8. The van der Waals surface area contributed by atoms with Crippen LogP contribution in [0.1, 0.15) is 52.4 Å². The van der Waals surface area contributed by atoms with Gasteiger partial charge in [-0.15, -0.1) is 4.99 Å². The van der Waals surface area contributed by atoms with Crippen LogP contribution in [0.4, 0.5) is 0 Å². The highest BCUT2D eigenvalue weighted by atomic mass is 16.4. The van der Waals surface area contributed by atoms with Gasteiger partial charge in [-0.1, -0.05) is 0 Å². The van der Waals surface area contributed by atoms with E-state index < -0.39 is 23.9 Å². The smallest absolute Gasteiger partial charge is 0.328 e. The van der Waals surface area contributed by atoms with Gasteiger partial charge in [0.2, 0.25) is 12.2 Å². The maximum atomic E-state index is 9.55. The van der Waals surface area contributed by atoms with E-state index in [-0.39, 0.29) is 0 Å². The summed E-state index contributed by atoms with van der Waals surface area (Å²) < 4.78 is 0. The molecule has 234 valence electrons. The van der Waals surface area contributed by atoms with Gasteiger partial charge in [-0.3, -0.25) is 0 Å². The predicted octanol–water partition coefficient (Wildman–Crippen LogP) is 1.61. The minimum atomic E-state index is -1.26. The van der Waals surface area contributed by atoms with Crippen LogP contribution in [0.3, 0.4) is 0 Å². The van der Waals surface area contributed by atoms with Gasteiger partial charge in [0, 0.05) is 75.7 Å². The Balaban J connectivity index is 0.000000454. The first-order valence-corrected chi connectivity index (χ1v) is 14.2. The average Bonchev–Trinajstić information content (AvgIpc) is 3.64. The molecule has 0 radical (unpaired) electrons. The summed E-state index contributed by atoms with van der Waals surface area (Å²) in [6.45, 7) is 13.6. The molecule has 14 nitrogen and oxygen atoms in total. The average molecular weight is 593 g/mol. The molecule has 0 amide bonds. The van der Waals surface area contributed by atoms with Gasteiger partial charge in [0.15, 0.2) is 0 Å². The Kier molecular flexibility index (Phi) is 17.2. The first-order valence-electron chi connectivity index (χ1n) is 14.2. The minimum absolute atomic E-state index is 0.558. The summed E-state index contributed by atoms with van der Waals surface area (Å²) in [7, 11) is 0. The molecule has 3 heterocycles. The molecule has 2 atom stereocenters. The summed E-state index contributed by atoms with van der Waals surface area (Å²) in [4.78, 5) is 52.2. The second kappa shape index (κ2) is 20.0. The lowest BCUT2D eigenvalue weighted by atomic mass is 10.2. The summed E-state index contributed by atoms with van der Waals surface area (Å²) in [5, 5.41) is 40.4. The highest BCUT2D eigenvalue weighted by molar-refractivity contribution is 5.90. The van der Waals surface area contributed by atoms with Crippen molar-refractivity contribution in [3.63, 3.8) is 0 Å². The quantitative estimate of drug-likeness (QED) is 0.188. The molecule has 0 aromatic carbocycles. The maximum Gasteiger partial charge on any atom is 0.328 e. The lowest BCUT2D eigenvalue weighted by molar-refractivity contribution is -0.134. The van der Waals surface area contributed by atoms with E-state index in [1.54, 1.807) is 0 Å². The first-order chi connectivity index (χ1) is 19.9. The molecule has 3 aliphatic rings. The molecule has 0 spiro atoms. The Hall–Kier alpha value is -3.96. The van der Waals surface area contributed by atoms with Crippen molar-refractivity contribution in [2.75, 3.05) is 52.4 Å². The van der Waals surface area contributed by atoms with Gasteiger partial charge < -0.3 is 40.0 Å². The van der Waals surface area contributed by atoms with Gasteiger partial charge in [0.25, 0.3) is 0 Å². The lowest BCUT2D eigenvalue weighted by Gasteiger charge is -2.26. The van der Waals surface area contributed by atoms with Crippen LogP contribution in [0.5, 0.6) is 0 Å². The topological polar surface area (TPSA) is 198 Å². The number of rotatable bonds is 12. The van der Waals surface area contributed by atoms with Crippen LogP contribution in [0, 0.1) is 11.5 Å². The number of hydrogen-bond donors (Lipinski definition) is 4. The normalized spacial score (nSPS) is 20.6. The Morgan fingerprint density at radius 1 is 0.714 bits per heavy atom. The van der Waals surface area contributed by atoms with Crippen LogP contribution >= 0.6 is 0 Å². The number of nitriles is 1. The fourth-order valence-corrected chi connectivity index (χ4v) is 5.12. The van der Waals surface area contributed by atoms with Gasteiger partial charge in [-0.05, 0) is 65.5 Å². The maximum absolute atomic E-state index is 9.55. The summed E-state index contributed by atoms with van der Waals surface area (Å²) in [5.74, 6) is -4.11. The monoisotopic (exact) mass is 592 g/mol. The third-order valence-corrected chi connectivity index (χ3v) is 7.22. The molecule has 0 saturated carbocycles. The second-order valence-corrected chi connectivity index (χ2v) is 10.3. The summed E-state index contributed by atoms with van der Waals surface area (Å²) in [5.41, 5.74) is 0. The van der Waals surface area contributed by atoms with Crippen LogP contribution in [0.2, 0.25) is 0 Å². The lowest BCUT2D eigenvalue weighted by Crippen LogP contribution is -2.37. The Morgan fingerprint density at radius 3 is 1.33 bits per heavy atom. The molecule has 3 rings (SSSR count). The van der Waals surface area contributed by atoms with Crippen molar-refractivity contribution in [1.82, 2.24) is 19.6 Å². The van der Waals surface area contributed by atoms with Gasteiger partial charge in [-0.2, -0.15) is 5.26 Å². The van der Waals surface area contributed by atoms with Gasteiger partial charge in [0.1, 0.15) is 0 Å². The number of guanidine groups is 1. The van der Waals surface area contributed by atoms with E-state index in [0.717, 1.165) is 57.1 Å². The number of carboxylic acids is 4. The summed E-state index contributed by atoms with van der Waals surface area (Å²) in [6.07, 6.45) is 12.0. The minimum Gasteiger partial charge on any atom is -0.478 e. The molecule has 3 saturated heterocycles. The molecule has 42 heavy (non-hydrogen) atoms. The molecular formula is C28H44N6O8. The number of aliphatic imine (C=N–C) groups is 1. The molecule has 4 N–H and O–H groups in total. The van der Waals surface area contributed by atoms with Crippen molar-refractivity contribution in [2.45, 2.75) is 64.5 Å².